The Labute approximate surface area is 140 Å². The first-order chi connectivity index (χ1) is 11.7. The number of nitro benzene ring substituents is 1. The highest BCUT2D eigenvalue weighted by Crippen LogP contribution is 2.32. The normalized spacial score (nSPS) is 15.4. The van der Waals surface area contributed by atoms with E-state index in [4.69, 9.17) is 4.52 Å². The van der Waals surface area contributed by atoms with E-state index in [1.807, 2.05) is 6.92 Å². The molecule has 7 heteroatoms. The van der Waals surface area contributed by atoms with E-state index >= 15 is 0 Å². The molecule has 1 aliphatic carbocycles. The Morgan fingerprint density at radius 3 is 2.83 bits per heavy atom. The number of benzene rings is 1. The molecule has 0 spiro atoms. The average molecular weight is 330 g/mol. The van der Waals surface area contributed by atoms with Crippen LogP contribution in [0.4, 0.5) is 11.4 Å². The molecule has 0 bridgehead atoms. The van der Waals surface area contributed by atoms with Gasteiger partial charge in [0.1, 0.15) is 5.69 Å². The molecular formula is C17H22N4O3. The lowest BCUT2D eigenvalue weighted by molar-refractivity contribution is -0.383. The highest BCUT2D eigenvalue weighted by molar-refractivity contribution is 5.70. The first-order valence-electron chi connectivity index (χ1n) is 8.55. The quantitative estimate of drug-likeness (QED) is 0.625. The fourth-order valence-corrected chi connectivity index (χ4v) is 3.10. The zero-order chi connectivity index (χ0) is 16.9. The van der Waals surface area contributed by atoms with E-state index < -0.39 is 0 Å². The van der Waals surface area contributed by atoms with Gasteiger partial charge in [0.05, 0.1) is 4.92 Å². The second-order valence-corrected chi connectivity index (χ2v) is 6.23. The molecule has 0 atom stereocenters. The van der Waals surface area contributed by atoms with Crippen LogP contribution >= 0.6 is 0 Å². The molecule has 1 fully saturated rings. The van der Waals surface area contributed by atoms with Crippen LogP contribution in [-0.4, -0.2) is 21.1 Å². The van der Waals surface area contributed by atoms with Gasteiger partial charge in [0.2, 0.25) is 0 Å². The monoisotopic (exact) mass is 330 g/mol. The zero-order valence-electron chi connectivity index (χ0n) is 13.8. The summed E-state index contributed by atoms with van der Waals surface area (Å²) in [6.45, 7) is 2.03. The van der Waals surface area contributed by atoms with Crippen molar-refractivity contribution in [3.8, 4) is 11.5 Å². The van der Waals surface area contributed by atoms with Gasteiger partial charge in [-0.15, -0.1) is 0 Å². The van der Waals surface area contributed by atoms with E-state index in [1.165, 1.54) is 25.3 Å². The summed E-state index contributed by atoms with van der Waals surface area (Å²) in [6.07, 6.45) is 7.36. The Morgan fingerprint density at radius 1 is 1.33 bits per heavy atom. The molecule has 2 aromatic rings. The number of nitro groups is 1. The maximum Gasteiger partial charge on any atom is 0.293 e. The van der Waals surface area contributed by atoms with Crippen molar-refractivity contribution in [3.63, 3.8) is 0 Å². The van der Waals surface area contributed by atoms with Crippen molar-refractivity contribution in [1.82, 2.24) is 10.1 Å². The van der Waals surface area contributed by atoms with Crippen LogP contribution in [0.25, 0.3) is 11.5 Å². The molecule has 0 unspecified atom stereocenters. The largest absolute Gasteiger partial charge is 0.377 e. The second-order valence-electron chi connectivity index (χ2n) is 6.23. The van der Waals surface area contributed by atoms with Crippen molar-refractivity contribution in [2.24, 2.45) is 0 Å². The topological polar surface area (TPSA) is 94.1 Å². The molecule has 0 saturated heterocycles. The smallest absolute Gasteiger partial charge is 0.293 e. The van der Waals surface area contributed by atoms with Gasteiger partial charge < -0.3 is 9.84 Å². The molecule has 1 aromatic carbocycles. The van der Waals surface area contributed by atoms with E-state index in [0.29, 0.717) is 29.0 Å². The van der Waals surface area contributed by atoms with Crippen molar-refractivity contribution >= 4 is 11.4 Å². The number of nitrogens with one attached hydrogen (secondary N) is 1. The Hall–Kier alpha value is -2.44. The molecule has 0 radical (unpaired) electrons. The number of aryl methyl sites for hydroxylation is 1. The van der Waals surface area contributed by atoms with Crippen LogP contribution in [0, 0.1) is 10.1 Å². The summed E-state index contributed by atoms with van der Waals surface area (Å²) in [6, 6.07) is 5.35. The number of anilines is 1. The zero-order valence-corrected chi connectivity index (χ0v) is 13.8. The lowest BCUT2D eigenvalue weighted by Crippen LogP contribution is -2.22. The van der Waals surface area contributed by atoms with Gasteiger partial charge in [-0.05, 0) is 31.4 Å². The Kier molecular flexibility index (Phi) is 5.08. The van der Waals surface area contributed by atoms with Gasteiger partial charge in [0, 0.05) is 24.1 Å². The third-order valence-electron chi connectivity index (χ3n) is 4.35. The van der Waals surface area contributed by atoms with Crippen molar-refractivity contribution in [2.75, 3.05) is 5.32 Å². The summed E-state index contributed by atoms with van der Waals surface area (Å²) in [5.74, 6) is 0.949. The van der Waals surface area contributed by atoms with Crippen molar-refractivity contribution in [3.05, 3.63) is 34.1 Å². The SMILES string of the molecule is CCCc1noc(-c2ccc(NC3CCCCC3)c([N+](=O)[O-])c2)n1. The van der Waals surface area contributed by atoms with Crippen LogP contribution < -0.4 is 5.32 Å². The summed E-state index contributed by atoms with van der Waals surface area (Å²) in [4.78, 5) is 15.4. The van der Waals surface area contributed by atoms with Crippen LogP contribution in [-0.2, 0) is 6.42 Å². The summed E-state index contributed by atoms with van der Waals surface area (Å²) in [5.41, 5.74) is 1.18. The van der Waals surface area contributed by atoms with Crippen molar-refractivity contribution in [1.29, 1.82) is 0 Å². The molecule has 24 heavy (non-hydrogen) atoms. The predicted molar refractivity (Wildman–Crippen MR) is 90.9 cm³/mol. The number of rotatable bonds is 6. The van der Waals surface area contributed by atoms with Crippen LogP contribution in [0.5, 0.6) is 0 Å². The van der Waals surface area contributed by atoms with Gasteiger partial charge in [-0.25, -0.2) is 0 Å². The minimum absolute atomic E-state index is 0.0494. The molecule has 0 amide bonds. The van der Waals surface area contributed by atoms with E-state index in [2.05, 4.69) is 15.5 Å². The molecule has 1 heterocycles. The molecule has 0 aliphatic heterocycles. The summed E-state index contributed by atoms with van der Waals surface area (Å²) >= 11 is 0. The van der Waals surface area contributed by atoms with Gasteiger partial charge in [-0.3, -0.25) is 10.1 Å². The van der Waals surface area contributed by atoms with E-state index in [0.717, 1.165) is 25.7 Å². The number of hydrogen-bond donors (Lipinski definition) is 1. The molecule has 3 rings (SSSR count). The molecule has 1 aromatic heterocycles. The standard InChI is InChI=1S/C17H22N4O3/c1-2-6-16-19-17(24-20-16)12-9-10-14(15(11-12)21(22)23)18-13-7-4-3-5-8-13/h9-11,13,18H,2-8H2,1H3. The van der Waals surface area contributed by atoms with Gasteiger partial charge in [0.15, 0.2) is 5.82 Å². The first kappa shape index (κ1) is 16.4. The maximum atomic E-state index is 11.5. The molecule has 7 nitrogen and oxygen atoms in total. The van der Waals surface area contributed by atoms with Gasteiger partial charge >= 0.3 is 0 Å². The van der Waals surface area contributed by atoms with Crippen LogP contribution in [0.1, 0.15) is 51.3 Å². The third kappa shape index (κ3) is 3.72. The van der Waals surface area contributed by atoms with Gasteiger partial charge in [-0.2, -0.15) is 4.98 Å². The fraction of sp³-hybridized carbons (Fsp3) is 0.529. The first-order valence-corrected chi connectivity index (χ1v) is 8.55. The van der Waals surface area contributed by atoms with Crippen molar-refractivity contribution < 1.29 is 9.45 Å². The summed E-state index contributed by atoms with van der Waals surface area (Å²) in [7, 11) is 0. The van der Waals surface area contributed by atoms with Crippen molar-refractivity contribution in [2.45, 2.75) is 57.9 Å². The van der Waals surface area contributed by atoms with E-state index in [1.54, 1.807) is 12.1 Å². The Bertz CT molecular complexity index is 708. The highest BCUT2D eigenvalue weighted by atomic mass is 16.6. The van der Waals surface area contributed by atoms with Crippen LogP contribution in [0.3, 0.4) is 0 Å². The van der Waals surface area contributed by atoms with Gasteiger partial charge in [-0.1, -0.05) is 31.3 Å². The molecule has 1 saturated carbocycles. The van der Waals surface area contributed by atoms with Crippen LogP contribution in [0.15, 0.2) is 22.7 Å². The van der Waals surface area contributed by atoms with E-state index in [9.17, 15) is 10.1 Å². The fourth-order valence-electron chi connectivity index (χ4n) is 3.10. The minimum Gasteiger partial charge on any atom is -0.377 e. The van der Waals surface area contributed by atoms with E-state index in [-0.39, 0.29) is 10.6 Å². The molecular weight excluding hydrogens is 308 g/mol. The molecule has 1 N–H and O–H groups in total. The minimum atomic E-state index is -0.363. The molecule has 1 aliphatic rings. The maximum absolute atomic E-state index is 11.5. The summed E-state index contributed by atoms with van der Waals surface area (Å²) in [5, 5.41) is 18.7. The second kappa shape index (κ2) is 7.42. The lowest BCUT2D eigenvalue weighted by Gasteiger charge is -2.23. The molecule has 128 valence electrons. The number of nitrogens with zero attached hydrogens (tertiary/aromatic N) is 3. The average Bonchev–Trinajstić information content (AvgIpc) is 3.05. The Balaban J connectivity index is 1.84. The Morgan fingerprint density at radius 2 is 2.12 bits per heavy atom. The summed E-state index contributed by atoms with van der Waals surface area (Å²) < 4.78 is 5.22. The predicted octanol–water partition coefficient (Wildman–Crippen LogP) is 4.34. The lowest BCUT2D eigenvalue weighted by atomic mass is 9.95. The third-order valence-corrected chi connectivity index (χ3v) is 4.35. The number of aromatic nitrogens is 2. The number of hydrogen-bond acceptors (Lipinski definition) is 6. The van der Waals surface area contributed by atoms with Gasteiger partial charge in [0.25, 0.3) is 11.6 Å². The van der Waals surface area contributed by atoms with Crippen LogP contribution in [0.2, 0.25) is 0 Å². The highest BCUT2D eigenvalue weighted by Gasteiger charge is 2.21.